The highest BCUT2D eigenvalue weighted by molar-refractivity contribution is 5.86. The first-order valence-electron chi connectivity index (χ1n) is 6.49. The monoisotopic (exact) mass is 269 g/mol. The van der Waals surface area contributed by atoms with Gasteiger partial charge in [-0.15, -0.1) is 0 Å². The topological polar surface area (TPSA) is 55.3 Å². The van der Waals surface area contributed by atoms with Gasteiger partial charge < -0.3 is 9.64 Å². The summed E-state index contributed by atoms with van der Waals surface area (Å²) in [5.74, 6) is 1.68. The van der Waals surface area contributed by atoms with E-state index in [1.165, 1.54) is 0 Å². The summed E-state index contributed by atoms with van der Waals surface area (Å²) in [5, 5.41) is 0. The van der Waals surface area contributed by atoms with E-state index in [2.05, 4.69) is 9.97 Å². The van der Waals surface area contributed by atoms with Crippen LogP contribution < -0.4 is 9.64 Å². The number of ether oxygens (including phenoxy) is 1. The number of benzene rings is 1. The summed E-state index contributed by atoms with van der Waals surface area (Å²) < 4.78 is 5.13. The molecule has 0 N–H and O–H groups in total. The van der Waals surface area contributed by atoms with Crippen molar-refractivity contribution >= 4 is 11.7 Å². The van der Waals surface area contributed by atoms with E-state index in [1.54, 1.807) is 19.5 Å². The lowest BCUT2D eigenvalue weighted by molar-refractivity contribution is -0.116. The molecule has 3 rings (SSSR count). The summed E-state index contributed by atoms with van der Waals surface area (Å²) in [6, 6.07) is 7.75. The zero-order chi connectivity index (χ0) is 13.9. The average molecular weight is 269 g/mol. The van der Waals surface area contributed by atoms with Crippen molar-refractivity contribution < 1.29 is 9.53 Å². The molecular weight excluding hydrogens is 254 g/mol. The number of ketones is 1. The van der Waals surface area contributed by atoms with E-state index in [4.69, 9.17) is 4.74 Å². The summed E-state index contributed by atoms with van der Waals surface area (Å²) in [5.41, 5.74) is 1.98. The molecule has 0 bridgehead atoms. The summed E-state index contributed by atoms with van der Waals surface area (Å²) in [4.78, 5) is 21.9. The van der Waals surface area contributed by atoms with Crippen LogP contribution >= 0.6 is 0 Å². The van der Waals surface area contributed by atoms with Crippen LogP contribution in [0.5, 0.6) is 5.75 Å². The van der Waals surface area contributed by atoms with Crippen molar-refractivity contribution in [2.45, 2.75) is 6.42 Å². The Labute approximate surface area is 117 Å². The van der Waals surface area contributed by atoms with E-state index in [0.29, 0.717) is 25.5 Å². The van der Waals surface area contributed by atoms with Crippen LogP contribution in [0.2, 0.25) is 0 Å². The van der Waals surface area contributed by atoms with Crippen LogP contribution in [0.15, 0.2) is 36.7 Å². The molecule has 1 saturated heterocycles. The van der Waals surface area contributed by atoms with Crippen molar-refractivity contribution in [3.05, 3.63) is 36.7 Å². The number of aromatic nitrogens is 2. The normalized spacial score (nSPS) is 14.7. The molecule has 2 heterocycles. The van der Waals surface area contributed by atoms with E-state index in [1.807, 2.05) is 29.2 Å². The second kappa shape index (κ2) is 5.28. The maximum Gasteiger partial charge on any atom is 0.225 e. The lowest BCUT2D eigenvalue weighted by Crippen LogP contribution is -2.21. The van der Waals surface area contributed by atoms with Crippen LogP contribution in [0, 0.1) is 0 Å². The molecule has 0 atom stereocenters. The third-order valence-corrected chi connectivity index (χ3v) is 3.37. The smallest absolute Gasteiger partial charge is 0.225 e. The van der Waals surface area contributed by atoms with Gasteiger partial charge in [0.25, 0.3) is 0 Å². The standard InChI is InChI=1S/C15H15N3O2/c1-20-14-4-2-11(3-5-14)12-8-16-15(17-9-12)18-7-6-13(19)10-18/h2-5,8-9H,6-7,10H2,1H3. The molecule has 1 fully saturated rings. The van der Waals surface area contributed by atoms with E-state index in [0.717, 1.165) is 16.9 Å². The lowest BCUT2D eigenvalue weighted by atomic mass is 10.1. The first-order valence-corrected chi connectivity index (χ1v) is 6.49. The number of Topliss-reactive ketones (excluding diaryl/α,β-unsaturated/α-hetero) is 1. The average Bonchev–Trinajstić information content (AvgIpc) is 2.94. The first-order chi connectivity index (χ1) is 9.76. The minimum Gasteiger partial charge on any atom is -0.497 e. The zero-order valence-electron chi connectivity index (χ0n) is 11.2. The van der Waals surface area contributed by atoms with E-state index >= 15 is 0 Å². The quantitative estimate of drug-likeness (QED) is 0.852. The van der Waals surface area contributed by atoms with Crippen LogP contribution in [-0.2, 0) is 4.79 Å². The molecule has 5 heteroatoms. The highest BCUT2D eigenvalue weighted by atomic mass is 16.5. The van der Waals surface area contributed by atoms with Gasteiger partial charge in [0.2, 0.25) is 5.95 Å². The highest BCUT2D eigenvalue weighted by Gasteiger charge is 2.21. The Balaban J connectivity index is 1.79. The molecule has 1 aliphatic rings. The number of carbonyl (C=O) groups excluding carboxylic acids is 1. The summed E-state index contributed by atoms with van der Waals surface area (Å²) in [7, 11) is 1.64. The molecule has 0 saturated carbocycles. The van der Waals surface area contributed by atoms with Crippen LogP contribution in [0.25, 0.3) is 11.1 Å². The van der Waals surface area contributed by atoms with Gasteiger partial charge in [0.1, 0.15) is 5.75 Å². The maximum absolute atomic E-state index is 11.3. The molecule has 5 nitrogen and oxygen atoms in total. The van der Waals surface area contributed by atoms with Crippen molar-refractivity contribution in [3.8, 4) is 16.9 Å². The number of hydrogen-bond donors (Lipinski definition) is 0. The fraction of sp³-hybridized carbons (Fsp3) is 0.267. The van der Waals surface area contributed by atoms with Gasteiger partial charge >= 0.3 is 0 Å². The Morgan fingerprint density at radius 3 is 2.35 bits per heavy atom. The Morgan fingerprint density at radius 1 is 1.10 bits per heavy atom. The Kier molecular flexibility index (Phi) is 3.33. The third kappa shape index (κ3) is 2.47. The molecule has 0 amide bonds. The first kappa shape index (κ1) is 12.6. The molecule has 1 aromatic carbocycles. The van der Waals surface area contributed by atoms with Crippen LogP contribution in [0.3, 0.4) is 0 Å². The lowest BCUT2D eigenvalue weighted by Gasteiger charge is -2.13. The van der Waals surface area contributed by atoms with Crippen molar-refractivity contribution in [1.29, 1.82) is 0 Å². The maximum atomic E-state index is 11.3. The number of carbonyl (C=O) groups is 1. The summed E-state index contributed by atoms with van der Waals surface area (Å²) in [6.07, 6.45) is 4.16. The van der Waals surface area contributed by atoms with E-state index in [-0.39, 0.29) is 5.78 Å². The largest absolute Gasteiger partial charge is 0.497 e. The van der Waals surface area contributed by atoms with Gasteiger partial charge in [-0.1, -0.05) is 12.1 Å². The molecule has 1 aromatic heterocycles. The molecule has 0 radical (unpaired) electrons. The number of nitrogens with zero attached hydrogens (tertiary/aromatic N) is 3. The SMILES string of the molecule is COc1ccc(-c2cnc(N3CCC(=O)C3)nc2)cc1. The van der Waals surface area contributed by atoms with Gasteiger partial charge in [0.05, 0.1) is 13.7 Å². The van der Waals surface area contributed by atoms with Gasteiger partial charge in [-0.2, -0.15) is 0 Å². The molecule has 20 heavy (non-hydrogen) atoms. The third-order valence-electron chi connectivity index (χ3n) is 3.37. The Bertz CT molecular complexity index is 608. The molecule has 0 spiro atoms. The molecule has 0 aliphatic carbocycles. The van der Waals surface area contributed by atoms with Gasteiger partial charge in [-0.05, 0) is 17.7 Å². The van der Waals surface area contributed by atoms with E-state index < -0.39 is 0 Å². The van der Waals surface area contributed by atoms with Gasteiger partial charge in [0, 0.05) is 30.9 Å². The second-order valence-corrected chi connectivity index (χ2v) is 4.71. The molecule has 1 aliphatic heterocycles. The van der Waals surface area contributed by atoms with Crippen LogP contribution in [0.4, 0.5) is 5.95 Å². The zero-order valence-corrected chi connectivity index (χ0v) is 11.2. The van der Waals surface area contributed by atoms with Crippen molar-refractivity contribution in [3.63, 3.8) is 0 Å². The van der Waals surface area contributed by atoms with Crippen molar-refractivity contribution in [2.24, 2.45) is 0 Å². The Morgan fingerprint density at radius 2 is 1.80 bits per heavy atom. The number of rotatable bonds is 3. The van der Waals surface area contributed by atoms with Crippen LogP contribution in [-0.4, -0.2) is 36.0 Å². The fourth-order valence-corrected chi connectivity index (χ4v) is 2.22. The van der Waals surface area contributed by atoms with Crippen LogP contribution in [0.1, 0.15) is 6.42 Å². The second-order valence-electron chi connectivity index (χ2n) is 4.71. The predicted molar refractivity (Wildman–Crippen MR) is 75.9 cm³/mol. The highest BCUT2D eigenvalue weighted by Crippen LogP contribution is 2.22. The minimum absolute atomic E-state index is 0.243. The minimum atomic E-state index is 0.243. The van der Waals surface area contributed by atoms with Gasteiger partial charge in [0.15, 0.2) is 5.78 Å². The summed E-state index contributed by atoms with van der Waals surface area (Å²) in [6.45, 7) is 1.13. The number of methoxy groups -OCH3 is 1. The number of hydrogen-bond acceptors (Lipinski definition) is 5. The Hall–Kier alpha value is -2.43. The van der Waals surface area contributed by atoms with E-state index in [9.17, 15) is 4.79 Å². The molecule has 2 aromatic rings. The summed E-state index contributed by atoms with van der Waals surface area (Å²) >= 11 is 0. The van der Waals surface area contributed by atoms with Gasteiger partial charge in [-0.3, -0.25) is 4.79 Å². The van der Waals surface area contributed by atoms with Gasteiger partial charge in [-0.25, -0.2) is 9.97 Å². The number of anilines is 1. The fourth-order valence-electron chi connectivity index (χ4n) is 2.22. The predicted octanol–water partition coefficient (Wildman–Crippen LogP) is 1.93. The van der Waals surface area contributed by atoms with Crippen molar-refractivity contribution in [1.82, 2.24) is 9.97 Å². The molecular formula is C15H15N3O2. The van der Waals surface area contributed by atoms with Crippen molar-refractivity contribution in [2.75, 3.05) is 25.1 Å². The molecule has 102 valence electrons. The molecule has 0 unspecified atom stereocenters.